The van der Waals surface area contributed by atoms with Crippen LogP contribution in [-0.4, -0.2) is 20.3 Å². The Labute approximate surface area is 124 Å². The molecule has 0 N–H and O–H groups in total. The average Bonchev–Trinajstić information content (AvgIpc) is 2.28. The molecule has 0 amide bonds. The Kier molecular flexibility index (Phi) is 4.63. The van der Waals surface area contributed by atoms with Gasteiger partial charge in [0.25, 0.3) is 5.78 Å². The number of carbonyl (C=O) groups excluding carboxylic acids is 1. The number of carbonyl (C=O) groups is 1. The van der Waals surface area contributed by atoms with Crippen molar-refractivity contribution in [3.05, 3.63) is 29.3 Å². The van der Waals surface area contributed by atoms with Gasteiger partial charge in [0, 0.05) is 5.56 Å². The molecule has 0 atom stereocenters. The van der Waals surface area contributed by atoms with E-state index in [0.29, 0.717) is 5.75 Å². The fourth-order valence-corrected chi connectivity index (χ4v) is 2.52. The maximum Gasteiger partial charge on any atom is 0.454 e. The zero-order valence-electron chi connectivity index (χ0n) is 13.2. The standard InChI is InChI=1S/C15H21F3O2Si/c1-10-7-8-11(13(19)15(16,17)18)9-12(10)20-21(5,6)14(2,3)4/h7-9H,1-6H3. The molecule has 118 valence electrons. The predicted molar refractivity (Wildman–Crippen MR) is 79.4 cm³/mol. The molecule has 0 bridgehead atoms. The third-order valence-corrected chi connectivity index (χ3v) is 8.22. The Morgan fingerprint density at radius 2 is 1.67 bits per heavy atom. The highest BCUT2D eigenvalue weighted by Crippen LogP contribution is 2.38. The van der Waals surface area contributed by atoms with Crippen LogP contribution in [0.2, 0.25) is 18.1 Å². The summed E-state index contributed by atoms with van der Waals surface area (Å²) in [6.07, 6.45) is -4.87. The molecule has 1 aromatic rings. The molecule has 0 unspecified atom stereocenters. The third-order valence-electron chi connectivity index (χ3n) is 3.88. The molecule has 0 aliphatic rings. The molecule has 0 saturated carbocycles. The Balaban J connectivity index is 3.19. The summed E-state index contributed by atoms with van der Waals surface area (Å²) < 4.78 is 43.6. The maximum atomic E-state index is 12.5. The molecule has 0 heterocycles. The maximum absolute atomic E-state index is 12.5. The molecule has 0 aliphatic heterocycles. The fraction of sp³-hybridized carbons (Fsp3) is 0.533. The van der Waals surface area contributed by atoms with E-state index in [1.165, 1.54) is 18.2 Å². The molecule has 0 spiro atoms. The molecule has 0 aromatic heterocycles. The molecule has 1 rings (SSSR count). The van der Waals surface area contributed by atoms with Gasteiger partial charge in [-0.15, -0.1) is 0 Å². The smallest absolute Gasteiger partial charge is 0.454 e. The van der Waals surface area contributed by atoms with Gasteiger partial charge in [0.2, 0.25) is 8.32 Å². The van der Waals surface area contributed by atoms with Crippen LogP contribution in [0.25, 0.3) is 0 Å². The van der Waals surface area contributed by atoms with Crippen molar-refractivity contribution in [3.8, 4) is 5.75 Å². The van der Waals surface area contributed by atoms with E-state index in [-0.39, 0.29) is 10.6 Å². The van der Waals surface area contributed by atoms with Gasteiger partial charge in [-0.25, -0.2) is 0 Å². The second-order valence-corrected chi connectivity index (χ2v) is 11.4. The molecular weight excluding hydrogens is 297 g/mol. The third kappa shape index (κ3) is 4.09. The van der Waals surface area contributed by atoms with Crippen molar-refractivity contribution >= 4 is 14.1 Å². The number of alkyl halides is 3. The average molecular weight is 318 g/mol. The predicted octanol–water partition coefficient (Wildman–Crippen LogP) is 5.12. The number of halogens is 3. The minimum atomic E-state index is -4.87. The molecule has 2 nitrogen and oxygen atoms in total. The van der Waals surface area contributed by atoms with E-state index in [1.807, 2.05) is 33.9 Å². The topological polar surface area (TPSA) is 26.3 Å². The van der Waals surface area contributed by atoms with Crippen molar-refractivity contribution in [2.24, 2.45) is 0 Å². The summed E-state index contributed by atoms with van der Waals surface area (Å²) in [7, 11) is -2.17. The summed E-state index contributed by atoms with van der Waals surface area (Å²) in [4.78, 5) is 11.3. The normalized spacial score (nSPS) is 13.2. The van der Waals surface area contributed by atoms with Crippen LogP contribution in [0, 0.1) is 6.92 Å². The van der Waals surface area contributed by atoms with Gasteiger partial charge in [-0.2, -0.15) is 13.2 Å². The Hall–Kier alpha value is -1.30. The lowest BCUT2D eigenvalue weighted by Gasteiger charge is -2.37. The number of benzene rings is 1. The van der Waals surface area contributed by atoms with E-state index in [0.717, 1.165) is 5.56 Å². The minimum absolute atomic E-state index is 0.0799. The van der Waals surface area contributed by atoms with E-state index < -0.39 is 20.3 Å². The van der Waals surface area contributed by atoms with Crippen molar-refractivity contribution in [2.45, 2.75) is 52.0 Å². The molecule has 21 heavy (non-hydrogen) atoms. The van der Waals surface area contributed by atoms with Gasteiger partial charge in [-0.05, 0) is 36.7 Å². The van der Waals surface area contributed by atoms with Crippen LogP contribution in [-0.2, 0) is 0 Å². The van der Waals surface area contributed by atoms with E-state index in [4.69, 9.17) is 4.43 Å². The van der Waals surface area contributed by atoms with Crippen molar-refractivity contribution in [2.75, 3.05) is 0 Å². The first-order chi connectivity index (χ1) is 9.25. The van der Waals surface area contributed by atoms with Crippen LogP contribution in [0.15, 0.2) is 18.2 Å². The van der Waals surface area contributed by atoms with Gasteiger partial charge in [-0.1, -0.05) is 32.9 Å². The largest absolute Gasteiger partial charge is 0.543 e. The lowest BCUT2D eigenvalue weighted by molar-refractivity contribution is -0.0885. The monoisotopic (exact) mass is 318 g/mol. The first kappa shape index (κ1) is 17.7. The molecular formula is C15H21F3O2Si. The second-order valence-electron chi connectivity index (χ2n) is 6.67. The number of hydrogen-bond donors (Lipinski definition) is 0. The molecule has 0 aliphatic carbocycles. The van der Waals surface area contributed by atoms with Gasteiger partial charge in [0.1, 0.15) is 5.75 Å². The summed E-state index contributed by atoms with van der Waals surface area (Å²) in [6, 6.07) is 3.87. The highest BCUT2D eigenvalue weighted by atomic mass is 28.4. The van der Waals surface area contributed by atoms with Gasteiger partial charge >= 0.3 is 6.18 Å². The molecule has 1 aromatic carbocycles. The van der Waals surface area contributed by atoms with Gasteiger partial charge in [-0.3, -0.25) is 4.79 Å². The number of Topliss-reactive ketones (excluding diaryl/α,β-unsaturated/α-hetero) is 1. The van der Waals surface area contributed by atoms with Crippen molar-refractivity contribution in [1.82, 2.24) is 0 Å². The van der Waals surface area contributed by atoms with Gasteiger partial charge < -0.3 is 4.43 Å². The lowest BCUT2D eigenvalue weighted by Crippen LogP contribution is -2.44. The van der Waals surface area contributed by atoms with Crippen LogP contribution < -0.4 is 4.43 Å². The molecule has 0 fully saturated rings. The number of aryl methyl sites for hydroxylation is 1. The van der Waals surface area contributed by atoms with Crippen molar-refractivity contribution in [1.29, 1.82) is 0 Å². The summed E-state index contributed by atoms with van der Waals surface area (Å²) >= 11 is 0. The van der Waals surface area contributed by atoms with E-state index in [2.05, 4.69) is 0 Å². The van der Waals surface area contributed by atoms with E-state index in [9.17, 15) is 18.0 Å². The van der Waals surface area contributed by atoms with Crippen molar-refractivity contribution < 1.29 is 22.4 Å². The lowest BCUT2D eigenvalue weighted by atomic mass is 10.1. The fourth-order valence-electron chi connectivity index (χ4n) is 1.44. The molecule has 6 heteroatoms. The Bertz CT molecular complexity index is 543. The zero-order chi connectivity index (χ0) is 16.6. The SMILES string of the molecule is Cc1ccc(C(=O)C(F)(F)F)cc1O[Si](C)(C)C(C)(C)C. The summed E-state index contributed by atoms with van der Waals surface area (Å²) in [5.41, 5.74) is 0.334. The van der Waals surface area contributed by atoms with Crippen LogP contribution in [0.1, 0.15) is 36.7 Å². The summed E-state index contributed by atoms with van der Waals surface area (Å²) in [5, 5.41) is -0.0799. The second kappa shape index (κ2) is 5.48. The van der Waals surface area contributed by atoms with Crippen LogP contribution >= 0.6 is 0 Å². The number of rotatable bonds is 3. The van der Waals surface area contributed by atoms with E-state index >= 15 is 0 Å². The quantitative estimate of drug-likeness (QED) is 0.571. The minimum Gasteiger partial charge on any atom is -0.543 e. The zero-order valence-corrected chi connectivity index (χ0v) is 14.2. The highest BCUT2D eigenvalue weighted by molar-refractivity contribution is 6.74. The van der Waals surface area contributed by atoms with Crippen LogP contribution in [0.3, 0.4) is 0 Å². The van der Waals surface area contributed by atoms with Crippen molar-refractivity contribution in [3.63, 3.8) is 0 Å². The first-order valence-electron chi connectivity index (χ1n) is 6.67. The van der Waals surface area contributed by atoms with Crippen LogP contribution in [0.5, 0.6) is 5.75 Å². The highest BCUT2D eigenvalue weighted by Gasteiger charge is 2.41. The van der Waals surface area contributed by atoms with E-state index in [1.54, 1.807) is 6.92 Å². The summed E-state index contributed by atoms with van der Waals surface area (Å²) in [5.74, 6) is -1.49. The molecule has 0 radical (unpaired) electrons. The molecule has 0 saturated heterocycles. The number of hydrogen-bond acceptors (Lipinski definition) is 2. The first-order valence-corrected chi connectivity index (χ1v) is 9.58. The summed E-state index contributed by atoms with van der Waals surface area (Å²) in [6.45, 7) is 11.9. The van der Waals surface area contributed by atoms with Crippen LogP contribution in [0.4, 0.5) is 13.2 Å². The van der Waals surface area contributed by atoms with Gasteiger partial charge in [0.15, 0.2) is 0 Å². The number of ketones is 1. The Morgan fingerprint density at radius 3 is 2.10 bits per heavy atom. The van der Waals surface area contributed by atoms with Gasteiger partial charge in [0.05, 0.1) is 0 Å². The Morgan fingerprint density at radius 1 is 1.14 bits per heavy atom.